The third-order valence-corrected chi connectivity index (χ3v) is 5.25. The number of hydrogen-bond donors (Lipinski definition) is 1. The molecule has 0 unspecified atom stereocenters. The third kappa shape index (κ3) is 6.45. The first-order chi connectivity index (χ1) is 12.8. The number of ether oxygens (including phenoxy) is 1. The van der Waals surface area contributed by atoms with Gasteiger partial charge in [0, 0.05) is 11.6 Å². The second-order valence-electron chi connectivity index (χ2n) is 5.99. The van der Waals surface area contributed by atoms with Gasteiger partial charge in [0.25, 0.3) is 5.91 Å². The van der Waals surface area contributed by atoms with Gasteiger partial charge in [0.05, 0.1) is 18.5 Å². The fourth-order valence-electron chi connectivity index (χ4n) is 2.35. The molecule has 0 bridgehead atoms. The minimum absolute atomic E-state index is 0.0885. The highest BCUT2D eigenvalue weighted by atomic mass is 35.5. The van der Waals surface area contributed by atoms with Gasteiger partial charge in [0.2, 0.25) is 10.0 Å². The van der Waals surface area contributed by atoms with Gasteiger partial charge in [-0.15, -0.1) is 0 Å². The van der Waals surface area contributed by atoms with Crippen LogP contribution in [0, 0.1) is 0 Å². The molecule has 146 valence electrons. The summed E-state index contributed by atoms with van der Waals surface area (Å²) in [7, 11) is -3.51. The Morgan fingerprint density at radius 2 is 1.81 bits per heavy atom. The first-order valence-corrected chi connectivity index (χ1v) is 10.7. The lowest BCUT2D eigenvalue weighted by Crippen LogP contribution is -2.30. The maximum atomic E-state index is 12.2. The second kappa shape index (κ2) is 9.62. The van der Waals surface area contributed by atoms with Crippen LogP contribution in [0.2, 0.25) is 5.02 Å². The molecule has 0 atom stereocenters. The molecule has 0 aliphatic carbocycles. The standard InChI is InChI=1S/C19H23ClN2O4S/c1-3-12-21-19(23)14-26-17-10-8-16(9-11-17)22(27(2,24)25)13-15-6-4-5-7-18(15)20/h4-11H,3,12-14H2,1-2H3,(H,21,23). The third-order valence-electron chi connectivity index (χ3n) is 3.74. The largest absolute Gasteiger partial charge is 0.484 e. The number of rotatable bonds is 9. The summed E-state index contributed by atoms with van der Waals surface area (Å²) >= 11 is 6.16. The van der Waals surface area contributed by atoms with Gasteiger partial charge in [0.1, 0.15) is 5.75 Å². The number of nitrogens with one attached hydrogen (secondary N) is 1. The van der Waals surface area contributed by atoms with E-state index in [0.29, 0.717) is 28.6 Å². The van der Waals surface area contributed by atoms with Crippen LogP contribution in [-0.2, 0) is 21.4 Å². The highest BCUT2D eigenvalue weighted by Gasteiger charge is 2.19. The van der Waals surface area contributed by atoms with E-state index in [4.69, 9.17) is 16.3 Å². The van der Waals surface area contributed by atoms with E-state index in [-0.39, 0.29) is 19.1 Å². The number of amides is 1. The second-order valence-corrected chi connectivity index (χ2v) is 8.31. The number of halogens is 1. The number of hydrogen-bond acceptors (Lipinski definition) is 4. The van der Waals surface area contributed by atoms with Crippen LogP contribution in [0.15, 0.2) is 48.5 Å². The Hall–Kier alpha value is -2.25. The van der Waals surface area contributed by atoms with Crippen LogP contribution in [0.25, 0.3) is 0 Å². The van der Waals surface area contributed by atoms with Gasteiger partial charge in [0.15, 0.2) is 6.61 Å². The van der Waals surface area contributed by atoms with Crippen molar-refractivity contribution in [2.45, 2.75) is 19.9 Å². The predicted molar refractivity (Wildman–Crippen MR) is 108 cm³/mol. The molecule has 2 rings (SSSR count). The molecule has 0 fully saturated rings. The molecule has 0 aliphatic heterocycles. The summed E-state index contributed by atoms with van der Waals surface area (Å²) in [6.45, 7) is 2.61. The number of sulfonamides is 1. The van der Waals surface area contributed by atoms with Gasteiger partial charge >= 0.3 is 0 Å². The molecule has 1 amide bonds. The van der Waals surface area contributed by atoms with Crippen molar-refractivity contribution in [1.82, 2.24) is 5.32 Å². The first-order valence-electron chi connectivity index (χ1n) is 8.52. The maximum Gasteiger partial charge on any atom is 0.257 e. The number of benzene rings is 2. The van der Waals surface area contributed by atoms with Crippen molar-refractivity contribution < 1.29 is 17.9 Å². The molecule has 0 heterocycles. The molecule has 0 aliphatic rings. The Morgan fingerprint density at radius 3 is 2.41 bits per heavy atom. The van der Waals surface area contributed by atoms with Crippen molar-refractivity contribution in [2.24, 2.45) is 0 Å². The maximum absolute atomic E-state index is 12.2. The lowest BCUT2D eigenvalue weighted by atomic mass is 10.2. The van der Waals surface area contributed by atoms with Crippen LogP contribution in [0.1, 0.15) is 18.9 Å². The first kappa shape index (κ1) is 21.1. The number of nitrogens with zero attached hydrogens (tertiary/aromatic N) is 1. The summed E-state index contributed by atoms with van der Waals surface area (Å²) in [6, 6.07) is 13.6. The topological polar surface area (TPSA) is 75.7 Å². The molecule has 1 N–H and O–H groups in total. The summed E-state index contributed by atoms with van der Waals surface area (Å²) in [5, 5.41) is 3.22. The molecule has 2 aromatic carbocycles. The highest BCUT2D eigenvalue weighted by molar-refractivity contribution is 7.92. The van der Waals surface area contributed by atoms with E-state index in [1.54, 1.807) is 42.5 Å². The summed E-state index contributed by atoms with van der Waals surface area (Å²) < 4.78 is 31.2. The Kier molecular flexibility index (Phi) is 7.50. The minimum atomic E-state index is -3.51. The van der Waals surface area contributed by atoms with Crippen molar-refractivity contribution in [1.29, 1.82) is 0 Å². The number of carbonyl (C=O) groups excluding carboxylic acids is 1. The van der Waals surface area contributed by atoms with Crippen LogP contribution < -0.4 is 14.4 Å². The molecule has 6 nitrogen and oxygen atoms in total. The smallest absolute Gasteiger partial charge is 0.257 e. The van der Waals surface area contributed by atoms with Crippen LogP contribution in [0.3, 0.4) is 0 Å². The normalized spacial score (nSPS) is 11.1. The molecule has 0 radical (unpaired) electrons. The number of anilines is 1. The zero-order chi connectivity index (χ0) is 19.9. The molecular formula is C19H23ClN2O4S. The fourth-order valence-corrected chi connectivity index (χ4v) is 3.43. The average Bonchev–Trinajstić information content (AvgIpc) is 2.63. The van der Waals surface area contributed by atoms with E-state index in [2.05, 4.69) is 5.32 Å². The molecule has 0 spiro atoms. The van der Waals surface area contributed by atoms with E-state index in [9.17, 15) is 13.2 Å². The summed E-state index contributed by atoms with van der Waals surface area (Å²) in [6.07, 6.45) is 2.00. The van der Waals surface area contributed by atoms with Gasteiger partial charge in [-0.25, -0.2) is 8.42 Å². The molecular weight excluding hydrogens is 388 g/mol. The van der Waals surface area contributed by atoms with Crippen LogP contribution in [0.5, 0.6) is 5.75 Å². The predicted octanol–water partition coefficient (Wildman–Crippen LogP) is 3.21. The summed E-state index contributed by atoms with van der Waals surface area (Å²) in [5.74, 6) is 0.286. The van der Waals surface area contributed by atoms with Crippen LogP contribution >= 0.6 is 11.6 Å². The van der Waals surface area contributed by atoms with Crippen molar-refractivity contribution in [2.75, 3.05) is 23.7 Å². The molecule has 0 saturated carbocycles. The molecule has 0 saturated heterocycles. The van der Waals surface area contributed by atoms with E-state index in [0.717, 1.165) is 12.7 Å². The SMILES string of the molecule is CCCNC(=O)COc1ccc(N(Cc2ccccc2Cl)S(C)(=O)=O)cc1. The average molecular weight is 411 g/mol. The minimum Gasteiger partial charge on any atom is -0.484 e. The summed E-state index contributed by atoms with van der Waals surface area (Å²) in [4.78, 5) is 11.6. The summed E-state index contributed by atoms with van der Waals surface area (Å²) in [5.41, 5.74) is 1.19. The van der Waals surface area contributed by atoms with E-state index in [1.807, 2.05) is 13.0 Å². The lowest BCUT2D eigenvalue weighted by molar-refractivity contribution is -0.123. The van der Waals surface area contributed by atoms with Crippen molar-refractivity contribution >= 4 is 33.2 Å². The van der Waals surface area contributed by atoms with E-state index in [1.165, 1.54) is 4.31 Å². The van der Waals surface area contributed by atoms with Gasteiger partial charge in [-0.3, -0.25) is 9.10 Å². The monoisotopic (exact) mass is 410 g/mol. The van der Waals surface area contributed by atoms with Crippen LogP contribution in [-0.4, -0.2) is 33.7 Å². The van der Waals surface area contributed by atoms with E-state index < -0.39 is 10.0 Å². The zero-order valence-electron chi connectivity index (χ0n) is 15.3. The van der Waals surface area contributed by atoms with Gasteiger partial charge in [-0.1, -0.05) is 36.7 Å². The number of carbonyl (C=O) groups is 1. The van der Waals surface area contributed by atoms with Gasteiger partial charge < -0.3 is 10.1 Å². The molecule has 2 aromatic rings. The zero-order valence-corrected chi connectivity index (χ0v) is 16.9. The van der Waals surface area contributed by atoms with Crippen molar-refractivity contribution in [3.05, 3.63) is 59.1 Å². The molecule has 8 heteroatoms. The Labute approximate surface area is 165 Å². The molecule has 0 aromatic heterocycles. The Bertz CT molecular complexity index is 870. The quantitative estimate of drug-likeness (QED) is 0.688. The van der Waals surface area contributed by atoms with Crippen molar-refractivity contribution in [3.8, 4) is 5.75 Å². The van der Waals surface area contributed by atoms with Crippen LogP contribution in [0.4, 0.5) is 5.69 Å². The van der Waals surface area contributed by atoms with Gasteiger partial charge in [-0.05, 0) is 42.3 Å². The Balaban J connectivity index is 2.11. The molecule has 27 heavy (non-hydrogen) atoms. The van der Waals surface area contributed by atoms with Crippen molar-refractivity contribution in [3.63, 3.8) is 0 Å². The highest BCUT2D eigenvalue weighted by Crippen LogP contribution is 2.26. The fraction of sp³-hybridized carbons (Fsp3) is 0.316. The van der Waals surface area contributed by atoms with Gasteiger partial charge in [-0.2, -0.15) is 0 Å². The lowest BCUT2D eigenvalue weighted by Gasteiger charge is -2.23. The Morgan fingerprint density at radius 1 is 1.15 bits per heavy atom. The van der Waals surface area contributed by atoms with E-state index >= 15 is 0 Å².